The van der Waals surface area contributed by atoms with E-state index >= 15 is 0 Å². The lowest BCUT2D eigenvalue weighted by atomic mass is 10.2. The number of para-hydroxylation sites is 2. The van der Waals surface area contributed by atoms with Gasteiger partial charge in [0.05, 0.1) is 11.0 Å². The quantitative estimate of drug-likeness (QED) is 0.570. The Morgan fingerprint density at radius 3 is 1.82 bits per heavy atom. The first-order valence-corrected chi connectivity index (χ1v) is 8.28. The molecule has 0 fully saturated rings. The monoisotopic (exact) mass is 308 g/mol. The predicted octanol–water partition coefficient (Wildman–Crippen LogP) is 3.43. The van der Waals surface area contributed by atoms with Crippen molar-refractivity contribution in [1.82, 2.24) is 8.96 Å². The van der Waals surface area contributed by atoms with Gasteiger partial charge in [0.25, 0.3) is 10.0 Å². The zero-order chi connectivity index (χ0) is 15.2. The van der Waals surface area contributed by atoms with E-state index in [0.29, 0.717) is 11.0 Å². The molecule has 0 unspecified atom stereocenters. The van der Waals surface area contributed by atoms with Crippen LogP contribution in [0.1, 0.15) is 0 Å². The molecule has 0 spiro atoms. The number of pyridine rings is 1. The minimum atomic E-state index is -3.74. The molecule has 0 bridgehead atoms. The van der Waals surface area contributed by atoms with Crippen molar-refractivity contribution in [2.75, 3.05) is 0 Å². The maximum Gasteiger partial charge on any atom is 0.286 e. The molecule has 4 rings (SSSR count). The van der Waals surface area contributed by atoms with E-state index in [1.54, 1.807) is 12.1 Å². The fourth-order valence-corrected chi connectivity index (χ4v) is 4.21. The van der Waals surface area contributed by atoms with Gasteiger partial charge in [0.1, 0.15) is 0 Å². The molecule has 0 aliphatic rings. The fourth-order valence-electron chi connectivity index (χ4n) is 2.74. The molecular formula is C17H12N2O2S. The van der Waals surface area contributed by atoms with Crippen molar-refractivity contribution >= 4 is 31.8 Å². The molecule has 0 amide bonds. The summed E-state index contributed by atoms with van der Waals surface area (Å²) in [6.45, 7) is 0. The summed E-state index contributed by atoms with van der Waals surface area (Å²) in [5.74, 6) is 0. The Bertz CT molecular complexity index is 1030. The first-order valence-electron chi connectivity index (χ1n) is 6.84. The highest BCUT2D eigenvalue weighted by Gasteiger charge is 2.23. The van der Waals surface area contributed by atoms with Crippen molar-refractivity contribution in [3.63, 3.8) is 0 Å². The number of rotatable bonds is 2. The lowest BCUT2D eigenvalue weighted by Crippen LogP contribution is -2.13. The van der Waals surface area contributed by atoms with Gasteiger partial charge in [-0.15, -0.1) is 0 Å². The van der Waals surface area contributed by atoms with Crippen LogP contribution in [0.25, 0.3) is 21.8 Å². The first kappa shape index (κ1) is 13.0. The zero-order valence-corrected chi connectivity index (χ0v) is 12.4. The summed E-state index contributed by atoms with van der Waals surface area (Å²) in [5.41, 5.74) is 1.32. The number of hydrogen-bond acceptors (Lipinski definition) is 3. The molecule has 4 nitrogen and oxygen atoms in total. The summed E-state index contributed by atoms with van der Waals surface area (Å²) < 4.78 is 27.4. The SMILES string of the molecule is O=S(=O)(c1ccccn1)n1c2ccccc2c2ccccc21. The highest BCUT2D eigenvalue weighted by atomic mass is 32.2. The van der Waals surface area contributed by atoms with Crippen LogP contribution in [0.4, 0.5) is 0 Å². The summed E-state index contributed by atoms with van der Waals surface area (Å²) in [5, 5.41) is 1.87. The van der Waals surface area contributed by atoms with Crippen molar-refractivity contribution in [1.29, 1.82) is 0 Å². The number of benzene rings is 2. The maximum absolute atomic E-state index is 13.0. The normalized spacial score (nSPS) is 12.0. The lowest BCUT2D eigenvalue weighted by Gasteiger charge is -2.08. The molecule has 0 saturated carbocycles. The number of nitrogens with zero attached hydrogens (tertiary/aromatic N) is 2. The van der Waals surface area contributed by atoms with Crippen molar-refractivity contribution < 1.29 is 8.42 Å². The molecule has 0 aliphatic carbocycles. The van der Waals surface area contributed by atoms with E-state index in [9.17, 15) is 8.42 Å². The molecule has 2 aromatic carbocycles. The second kappa shape index (κ2) is 4.68. The molecular weight excluding hydrogens is 296 g/mol. The van der Waals surface area contributed by atoms with Crippen LogP contribution in [-0.4, -0.2) is 17.4 Å². The van der Waals surface area contributed by atoms with Crippen LogP contribution in [-0.2, 0) is 10.0 Å². The van der Waals surface area contributed by atoms with Gasteiger partial charge in [-0.1, -0.05) is 42.5 Å². The molecule has 4 aromatic rings. The third kappa shape index (κ3) is 1.76. The molecule has 0 aliphatic heterocycles. The topological polar surface area (TPSA) is 52.0 Å². The van der Waals surface area contributed by atoms with Gasteiger partial charge in [-0.3, -0.25) is 0 Å². The Kier molecular flexibility index (Phi) is 2.77. The van der Waals surface area contributed by atoms with Crippen molar-refractivity contribution in [2.45, 2.75) is 5.03 Å². The molecule has 0 saturated heterocycles. The molecule has 0 atom stereocenters. The minimum Gasteiger partial charge on any atom is -0.243 e. The summed E-state index contributed by atoms with van der Waals surface area (Å²) in [4.78, 5) is 4.01. The Morgan fingerprint density at radius 1 is 0.727 bits per heavy atom. The van der Waals surface area contributed by atoms with Crippen LogP contribution in [0.2, 0.25) is 0 Å². The second-order valence-electron chi connectivity index (χ2n) is 4.97. The van der Waals surface area contributed by atoms with Crippen LogP contribution < -0.4 is 0 Å². The van der Waals surface area contributed by atoms with Gasteiger partial charge < -0.3 is 0 Å². The highest BCUT2D eigenvalue weighted by molar-refractivity contribution is 7.90. The summed E-state index contributed by atoms with van der Waals surface area (Å²) in [6.07, 6.45) is 1.49. The molecule has 2 heterocycles. The molecule has 2 aromatic heterocycles. The fraction of sp³-hybridized carbons (Fsp3) is 0. The second-order valence-corrected chi connectivity index (χ2v) is 6.71. The predicted molar refractivity (Wildman–Crippen MR) is 86.3 cm³/mol. The standard InChI is InChI=1S/C17H12N2O2S/c20-22(21,17-11-5-6-12-18-17)19-15-9-3-1-7-13(15)14-8-2-4-10-16(14)19/h1-12H. The molecule has 5 heteroatoms. The van der Waals surface area contributed by atoms with Crippen molar-refractivity contribution in [2.24, 2.45) is 0 Å². The van der Waals surface area contributed by atoms with Crippen LogP contribution >= 0.6 is 0 Å². The largest absolute Gasteiger partial charge is 0.286 e. The van der Waals surface area contributed by atoms with E-state index in [1.807, 2.05) is 48.5 Å². The van der Waals surface area contributed by atoms with Gasteiger partial charge >= 0.3 is 0 Å². The molecule has 108 valence electrons. The highest BCUT2D eigenvalue weighted by Crippen LogP contribution is 2.31. The summed E-state index contributed by atoms with van der Waals surface area (Å²) >= 11 is 0. The average molecular weight is 308 g/mol. The Hall–Kier alpha value is -2.66. The van der Waals surface area contributed by atoms with Crippen molar-refractivity contribution in [3.05, 3.63) is 72.9 Å². The summed E-state index contributed by atoms with van der Waals surface area (Å²) in [6, 6.07) is 19.9. The Morgan fingerprint density at radius 2 is 1.27 bits per heavy atom. The Labute approximate surface area is 127 Å². The zero-order valence-electron chi connectivity index (χ0n) is 11.5. The van der Waals surface area contributed by atoms with E-state index < -0.39 is 10.0 Å². The maximum atomic E-state index is 13.0. The van der Waals surface area contributed by atoms with Gasteiger partial charge in [0.15, 0.2) is 5.03 Å². The van der Waals surface area contributed by atoms with Gasteiger partial charge in [-0.2, -0.15) is 8.42 Å². The van der Waals surface area contributed by atoms with E-state index in [4.69, 9.17) is 0 Å². The van der Waals surface area contributed by atoms with Gasteiger partial charge in [-0.25, -0.2) is 8.96 Å². The summed E-state index contributed by atoms with van der Waals surface area (Å²) in [7, 11) is -3.74. The molecule has 0 N–H and O–H groups in total. The van der Waals surface area contributed by atoms with Crippen molar-refractivity contribution in [3.8, 4) is 0 Å². The van der Waals surface area contributed by atoms with Crippen LogP contribution in [0.5, 0.6) is 0 Å². The van der Waals surface area contributed by atoms with Crippen LogP contribution in [0, 0.1) is 0 Å². The Balaban J connectivity index is 2.18. The number of fused-ring (bicyclic) bond motifs is 3. The lowest BCUT2D eigenvalue weighted by molar-refractivity contribution is 0.586. The minimum absolute atomic E-state index is 0.0431. The molecule has 22 heavy (non-hydrogen) atoms. The van der Waals surface area contributed by atoms with Gasteiger partial charge in [0.2, 0.25) is 0 Å². The van der Waals surface area contributed by atoms with Gasteiger partial charge in [0, 0.05) is 17.0 Å². The third-order valence-electron chi connectivity index (χ3n) is 3.68. The van der Waals surface area contributed by atoms with E-state index in [1.165, 1.54) is 16.2 Å². The first-order chi connectivity index (χ1) is 10.7. The number of aromatic nitrogens is 2. The molecule has 0 radical (unpaired) electrons. The number of hydrogen-bond donors (Lipinski definition) is 0. The van der Waals surface area contributed by atoms with E-state index in [-0.39, 0.29) is 5.03 Å². The van der Waals surface area contributed by atoms with E-state index in [2.05, 4.69) is 4.98 Å². The smallest absolute Gasteiger partial charge is 0.243 e. The average Bonchev–Trinajstić information content (AvgIpc) is 2.91. The van der Waals surface area contributed by atoms with Crippen LogP contribution in [0.15, 0.2) is 78.0 Å². The van der Waals surface area contributed by atoms with Gasteiger partial charge in [-0.05, 0) is 24.3 Å². The third-order valence-corrected chi connectivity index (χ3v) is 5.32. The van der Waals surface area contributed by atoms with Crippen LogP contribution in [0.3, 0.4) is 0 Å². The van der Waals surface area contributed by atoms with E-state index in [0.717, 1.165) is 10.8 Å².